The lowest BCUT2D eigenvalue weighted by Crippen LogP contribution is -2.30. The summed E-state index contributed by atoms with van der Waals surface area (Å²) in [5.74, 6) is 0.584. The molecule has 0 radical (unpaired) electrons. The van der Waals surface area contributed by atoms with E-state index in [0.717, 1.165) is 42.8 Å². The first kappa shape index (κ1) is 15.2. The zero-order valence-electron chi connectivity index (χ0n) is 13.1. The molecule has 1 aliphatic rings. The molecule has 0 bridgehead atoms. The predicted molar refractivity (Wildman–Crippen MR) is 88.1 cm³/mol. The molecule has 0 saturated heterocycles. The standard InChI is InChI=1S/C16H22N4OS/c1-19(2)10-12-3-5-20-15(7-12)14(9-18-20)16(21)17-8-13-4-6-22-11-13/h4,6,9,11-12H,3,5,7-8,10H2,1-2H3,(H,17,21)/t12-/m0/s1. The van der Waals surface area contributed by atoms with Gasteiger partial charge >= 0.3 is 0 Å². The van der Waals surface area contributed by atoms with E-state index in [9.17, 15) is 4.79 Å². The second-order valence-corrected chi connectivity index (χ2v) is 6.94. The van der Waals surface area contributed by atoms with Gasteiger partial charge in [0.2, 0.25) is 0 Å². The summed E-state index contributed by atoms with van der Waals surface area (Å²) < 4.78 is 1.99. The molecule has 5 nitrogen and oxygen atoms in total. The van der Waals surface area contributed by atoms with Gasteiger partial charge in [0.15, 0.2) is 0 Å². The topological polar surface area (TPSA) is 50.2 Å². The van der Waals surface area contributed by atoms with Crippen molar-refractivity contribution in [3.63, 3.8) is 0 Å². The number of carbonyl (C=O) groups is 1. The summed E-state index contributed by atoms with van der Waals surface area (Å²) in [6.07, 6.45) is 3.78. The quantitative estimate of drug-likeness (QED) is 0.917. The number of carbonyl (C=O) groups excluding carboxylic acids is 1. The minimum Gasteiger partial charge on any atom is -0.348 e. The van der Waals surface area contributed by atoms with Crippen LogP contribution in [0.15, 0.2) is 23.0 Å². The average Bonchev–Trinajstić information content (AvgIpc) is 3.13. The number of hydrogen-bond donors (Lipinski definition) is 1. The summed E-state index contributed by atoms with van der Waals surface area (Å²) in [5.41, 5.74) is 2.96. The largest absolute Gasteiger partial charge is 0.348 e. The van der Waals surface area contributed by atoms with Crippen LogP contribution in [0.2, 0.25) is 0 Å². The van der Waals surface area contributed by atoms with Gasteiger partial charge in [-0.1, -0.05) is 0 Å². The minimum atomic E-state index is -0.0158. The second-order valence-electron chi connectivity index (χ2n) is 6.16. The zero-order chi connectivity index (χ0) is 15.5. The van der Waals surface area contributed by atoms with Crippen molar-refractivity contribution in [3.05, 3.63) is 39.8 Å². The molecule has 0 saturated carbocycles. The Kier molecular flexibility index (Phi) is 4.59. The lowest BCUT2D eigenvalue weighted by Gasteiger charge is -2.26. The Balaban J connectivity index is 1.67. The Morgan fingerprint density at radius 2 is 2.41 bits per heavy atom. The molecule has 118 valence electrons. The van der Waals surface area contributed by atoms with Crippen molar-refractivity contribution < 1.29 is 4.79 Å². The SMILES string of the molecule is CN(C)C[C@H]1CCn2ncc(C(=O)NCc3ccsc3)c2C1. The van der Waals surface area contributed by atoms with Gasteiger partial charge < -0.3 is 10.2 Å². The highest BCUT2D eigenvalue weighted by atomic mass is 32.1. The van der Waals surface area contributed by atoms with Crippen molar-refractivity contribution in [2.24, 2.45) is 5.92 Å². The van der Waals surface area contributed by atoms with E-state index in [1.165, 1.54) is 0 Å². The molecule has 3 heterocycles. The molecule has 0 aromatic carbocycles. The lowest BCUT2D eigenvalue weighted by atomic mass is 9.94. The molecular weight excluding hydrogens is 296 g/mol. The molecule has 1 amide bonds. The van der Waals surface area contributed by atoms with E-state index in [4.69, 9.17) is 0 Å². The van der Waals surface area contributed by atoms with Gasteiger partial charge in [0.25, 0.3) is 5.91 Å². The van der Waals surface area contributed by atoms with Crippen LogP contribution in [-0.4, -0.2) is 41.2 Å². The van der Waals surface area contributed by atoms with Gasteiger partial charge in [-0.15, -0.1) is 0 Å². The third kappa shape index (κ3) is 3.39. The van der Waals surface area contributed by atoms with Crippen LogP contribution in [0.5, 0.6) is 0 Å². The smallest absolute Gasteiger partial charge is 0.255 e. The molecule has 6 heteroatoms. The van der Waals surface area contributed by atoms with Crippen LogP contribution in [0.3, 0.4) is 0 Å². The maximum atomic E-state index is 12.4. The Labute approximate surface area is 134 Å². The predicted octanol–water partition coefficient (Wildman–Crippen LogP) is 2.00. The zero-order valence-corrected chi connectivity index (χ0v) is 13.9. The van der Waals surface area contributed by atoms with E-state index in [-0.39, 0.29) is 5.91 Å². The van der Waals surface area contributed by atoms with E-state index >= 15 is 0 Å². The summed E-state index contributed by atoms with van der Waals surface area (Å²) >= 11 is 1.65. The monoisotopic (exact) mass is 318 g/mol. The summed E-state index contributed by atoms with van der Waals surface area (Å²) in [6.45, 7) is 2.54. The van der Waals surface area contributed by atoms with Crippen molar-refractivity contribution in [1.29, 1.82) is 0 Å². The fraction of sp³-hybridized carbons (Fsp3) is 0.500. The van der Waals surface area contributed by atoms with Crippen LogP contribution in [0, 0.1) is 5.92 Å². The lowest BCUT2D eigenvalue weighted by molar-refractivity contribution is 0.0949. The highest BCUT2D eigenvalue weighted by Crippen LogP contribution is 2.23. The van der Waals surface area contributed by atoms with E-state index in [2.05, 4.69) is 34.8 Å². The van der Waals surface area contributed by atoms with Crippen LogP contribution >= 0.6 is 11.3 Å². The molecule has 2 aromatic rings. The van der Waals surface area contributed by atoms with Gasteiger partial charge in [-0.3, -0.25) is 9.48 Å². The van der Waals surface area contributed by atoms with Gasteiger partial charge in [0.1, 0.15) is 0 Å². The molecule has 1 N–H and O–H groups in total. The summed E-state index contributed by atoms with van der Waals surface area (Å²) in [6, 6.07) is 2.03. The van der Waals surface area contributed by atoms with Gasteiger partial charge in [0.05, 0.1) is 17.5 Å². The van der Waals surface area contributed by atoms with Crippen LogP contribution in [0.1, 0.15) is 28.0 Å². The van der Waals surface area contributed by atoms with E-state index in [1.807, 2.05) is 16.1 Å². The molecule has 2 aromatic heterocycles. The fourth-order valence-electron chi connectivity index (χ4n) is 3.03. The van der Waals surface area contributed by atoms with Gasteiger partial charge in [-0.05, 0) is 55.2 Å². The molecule has 22 heavy (non-hydrogen) atoms. The van der Waals surface area contributed by atoms with Crippen LogP contribution < -0.4 is 5.32 Å². The van der Waals surface area contributed by atoms with Crippen molar-refractivity contribution in [1.82, 2.24) is 20.0 Å². The first-order valence-corrected chi connectivity index (χ1v) is 8.56. The van der Waals surface area contributed by atoms with Gasteiger partial charge in [-0.2, -0.15) is 16.4 Å². The van der Waals surface area contributed by atoms with Gasteiger partial charge in [0, 0.05) is 19.6 Å². The summed E-state index contributed by atoms with van der Waals surface area (Å²) in [4.78, 5) is 14.6. The van der Waals surface area contributed by atoms with Crippen LogP contribution in [-0.2, 0) is 19.5 Å². The summed E-state index contributed by atoms with van der Waals surface area (Å²) in [5, 5.41) is 11.5. The molecule has 0 aliphatic carbocycles. The fourth-order valence-corrected chi connectivity index (χ4v) is 3.70. The van der Waals surface area contributed by atoms with Crippen molar-refractivity contribution >= 4 is 17.2 Å². The Bertz CT molecular complexity index is 633. The molecule has 1 atom stereocenters. The van der Waals surface area contributed by atoms with Crippen LogP contribution in [0.25, 0.3) is 0 Å². The second kappa shape index (κ2) is 6.62. The van der Waals surface area contributed by atoms with E-state index < -0.39 is 0 Å². The molecule has 1 aliphatic heterocycles. The number of amides is 1. The Morgan fingerprint density at radius 3 is 3.14 bits per heavy atom. The normalized spacial score (nSPS) is 17.5. The number of hydrogen-bond acceptors (Lipinski definition) is 4. The Morgan fingerprint density at radius 1 is 1.55 bits per heavy atom. The number of thiophene rings is 1. The number of nitrogens with one attached hydrogen (secondary N) is 1. The minimum absolute atomic E-state index is 0.0158. The third-order valence-corrected chi connectivity index (χ3v) is 4.81. The highest BCUT2D eigenvalue weighted by molar-refractivity contribution is 7.07. The molecular formula is C16H22N4OS. The first-order valence-electron chi connectivity index (χ1n) is 7.62. The van der Waals surface area contributed by atoms with Crippen molar-refractivity contribution in [2.45, 2.75) is 25.9 Å². The first-order chi connectivity index (χ1) is 10.6. The number of aromatic nitrogens is 2. The molecule has 0 unspecified atom stereocenters. The van der Waals surface area contributed by atoms with Crippen molar-refractivity contribution in [3.8, 4) is 0 Å². The highest BCUT2D eigenvalue weighted by Gasteiger charge is 2.25. The van der Waals surface area contributed by atoms with E-state index in [1.54, 1.807) is 17.5 Å². The average molecular weight is 318 g/mol. The van der Waals surface area contributed by atoms with E-state index in [0.29, 0.717) is 12.5 Å². The third-order valence-electron chi connectivity index (χ3n) is 4.08. The van der Waals surface area contributed by atoms with Crippen LogP contribution in [0.4, 0.5) is 0 Å². The molecule has 0 fully saturated rings. The maximum Gasteiger partial charge on any atom is 0.255 e. The maximum absolute atomic E-state index is 12.4. The summed E-state index contributed by atoms with van der Waals surface area (Å²) in [7, 11) is 4.20. The number of aryl methyl sites for hydroxylation is 1. The molecule has 3 rings (SSSR count). The van der Waals surface area contributed by atoms with Crippen molar-refractivity contribution in [2.75, 3.05) is 20.6 Å². The number of rotatable bonds is 5. The number of nitrogens with zero attached hydrogens (tertiary/aromatic N) is 3. The molecule has 0 spiro atoms. The number of fused-ring (bicyclic) bond motifs is 1. The van der Waals surface area contributed by atoms with Gasteiger partial charge in [-0.25, -0.2) is 0 Å². The Hall–Kier alpha value is -1.66.